The molecule has 1 aromatic heterocycles. The summed E-state index contributed by atoms with van der Waals surface area (Å²) in [5, 5.41) is 1.22. The summed E-state index contributed by atoms with van der Waals surface area (Å²) < 4.78 is 0. The van der Waals surface area contributed by atoms with E-state index in [1.165, 1.54) is 22.1 Å². The van der Waals surface area contributed by atoms with E-state index in [1.54, 1.807) is 0 Å². The Hall–Kier alpha value is -2.61. The molecule has 3 rings (SSSR count). The number of aromatic nitrogens is 1. The summed E-state index contributed by atoms with van der Waals surface area (Å²) in [5.74, 6) is 0. The highest BCUT2D eigenvalue weighted by Gasteiger charge is 2.06. The number of nitrogens with zero attached hydrogens (tertiary/aromatic N) is 1. The van der Waals surface area contributed by atoms with Crippen molar-refractivity contribution >= 4 is 28.7 Å². The number of rotatable bonds is 2. The van der Waals surface area contributed by atoms with Crippen LogP contribution in [0.1, 0.15) is 27.9 Å². The highest BCUT2D eigenvalue weighted by Crippen LogP contribution is 2.24. The van der Waals surface area contributed by atoms with E-state index < -0.39 is 0 Å². The summed E-state index contributed by atoms with van der Waals surface area (Å²) in [4.78, 5) is 4.81. The third-order valence-corrected chi connectivity index (χ3v) is 4.15. The minimum Gasteiger partial charge on any atom is -0.398 e. The molecule has 0 aliphatic rings. The van der Waals surface area contributed by atoms with Gasteiger partial charge in [-0.1, -0.05) is 36.4 Å². The molecule has 0 amide bonds. The lowest BCUT2D eigenvalue weighted by Gasteiger charge is -2.09. The van der Waals surface area contributed by atoms with Crippen molar-refractivity contribution in [3.63, 3.8) is 0 Å². The van der Waals surface area contributed by atoms with Crippen molar-refractivity contribution < 1.29 is 0 Å². The van der Waals surface area contributed by atoms with Gasteiger partial charge in [0.2, 0.25) is 0 Å². The number of benzene rings is 2. The van der Waals surface area contributed by atoms with E-state index >= 15 is 0 Å². The maximum absolute atomic E-state index is 5.97. The van der Waals surface area contributed by atoms with Crippen molar-refractivity contribution in [3.8, 4) is 0 Å². The number of anilines is 1. The van der Waals surface area contributed by atoms with Crippen LogP contribution >= 0.6 is 0 Å². The first kappa shape index (κ1) is 14.3. The van der Waals surface area contributed by atoms with Gasteiger partial charge in [0.1, 0.15) is 0 Å². The van der Waals surface area contributed by atoms with Crippen LogP contribution < -0.4 is 5.73 Å². The number of nitrogen functional groups attached to an aromatic ring is 1. The molecule has 0 aliphatic carbocycles. The van der Waals surface area contributed by atoms with Crippen LogP contribution in [0.4, 0.5) is 5.69 Å². The highest BCUT2D eigenvalue weighted by molar-refractivity contribution is 5.87. The number of fused-ring (bicyclic) bond motifs is 1. The molecule has 2 nitrogen and oxygen atoms in total. The van der Waals surface area contributed by atoms with Crippen LogP contribution in [0.2, 0.25) is 0 Å². The second-order valence-electron chi connectivity index (χ2n) is 5.73. The van der Waals surface area contributed by atoms with Crippen LogP contribution in [-0.2, 0) is 0 Å². The third kappa shape index (κ3) is 2.60. The van der Waals surface area contributed by atoms with Crippen molar-refractivity contribution in [2.24, 2.45) is 0 Å². The molecule has 2 heteroatoms. The number of para-hydroxylation sites is 1. The number of aryl methyl sites for hydroxylation is 3. The average Bonchev–Trinajstić information content (AvgIpc) is 2.52. The summed E-state index contributed by atoms with van der Waals surface area (Å²) in [6.07, 6.45) is 4.03. The SMILES string of the molecule is Cc1cc(C)c2ccc(/C=C/c3ccccc3N)nc2c1C. The Labute approximate surface area is 131 Å². The van der Waals surface area contributed by atoms with E-state index in [0.717, 1.165) is 22.5 Å². The maximum atomic E-state index is 5.97. The average molecular weight is 288 g/mol. The van der Waals surface area contributed by atoms with Gasteiger partial charge in [0.15, 0.2) is 0 Å². The second kappa shape index (κ2) is 5.64. The second-order valence-corrected chi connectivity index (χ2v) is 5.73. The van der Waals surface area contributed by atoms with Crippen LogP contribution in [0.15, 0.2) is 42.5 Å². The van der Waals surface area contributed by atoms with Gasteiger partial charge in [-0.05, 0) is 61.2 Å². The van der Waals surface area contributed by atoms with Gasteiger partial charge in [0.25, 0.3) is 0 Å². The topological polar surface area (TPSA) is 38.9 Å². The Morgan fingerprint density at radius 3 is 2.45 bits per heavy atom. The third-order valence-electron chi connectivity index (χ3n) is 4.15. The van der Waals surface area contributed by atoms with Crippen molar-refractivity contribution in [1.82, 2.24) is 4.98 Å². The number of hydrogen-bond donors (Lipinski definition) is 1. The van der Waals surface area contributed by atoms with E-state index in [4.69, 9.17) is 10.7 Å². The zero-order valence-electron chi connectivity index (χ0n) is 13.2. The molecule has 1 heterocycles. The number of pyridine rings is 1. The highest BCUT2D eigenvalue weighted by atomic mass is 14.7. The van der Waals surface area contributed by atoms with Crippen molar-refractivity contribution in [2.75, 3.05) is 5.73 Å². The van der Waals surface area contributed by atoms with E-state index in [0.29, 0.717) is 0 Å². The fraction of sp³-hybridized carbons (Fsp3) is 0.150. The Bertz CT molecular complexity index is 876. The first-order valence-electron chi connectivity index (χ1n) is 7.46. The van der Waals surface area contributed by atoms with Crippen LogP contribution in [0.3, 0.4) is 0 Å². The first-order valence-corrected chi connectivity index (χ1v) is 7.46. The van der Waals surface area contributed by atoms with Crippen LogP contribution in [-0.4, -0.2) is 4.98 Å². The van der Waals surface area contributed by atoms with Gasteiger partial charge < -0.3 is 5.73 Å². The van der Waals surface area contributed by atoms with Gasteiger partial charge in [-0.15, -0.1) is 0 Å². The van der Waals surface area contributed by atoms with Gasteiger partial charge in [0.05, 0.1) is 11.2 Å². The van der Waals surface area contributed by atoms with Crippen molar-refractivity contribution in [1.29, 1.82) is 0 Å². The smallest absolute Gasteiger partial charge is 0.0743 e. The lowest BCUT2D eigenvalue weighted by Crippen LogP contribution is -1.92. The summed E-state index contributed by atoms with van der Waals surface area (Å²) >= 11 is 0. The van der Waals surface area contributed by atoms with E-state index in [9.17, 15) is 0 Å². The number of nitrogens with two attached hydrogens (primary N) is 1. The zero-order chi connectivity index (χ0) is 15.7. The molecular formula is C20H20N2. The standard InChI is InChI=1S/C20H20N2/c1-13-12-14(2)18-11-10-17(22-20(18)15(13)3)9-8-16-6-4-5-7-19(16)21/h4-12H,21H2,1-3H3/b9-8+. The molecule has 22 heavy (non-hydrogen) atoms. The molecular weight excluding hydrogens is 268 g/mol. The fourth-order valence-electron chi connectivity index (χ4n) is 2.71. The monoisotopic (exact) mass is 288 g/mol. The van der Waals surface area contributed by atoms with Gasteiger partial charge in [0, 0.05) is 11.1 Å². The van der Waals surface area contributed by atoms with E-state index in [1.807, 2.05) is 36.4 Å². The molecule has 0 aliphatic heterocycles. The quantitative estimate of drug-likeness (QED) is 0.680. The Kier molecular flexibility index (Phi) is 3.68. The lowest BCUT2D eigenvalue weighted by molar-refractivity contribution is 1.28. The molecule has 2 aromatic carbocycles. The lowest BCUT2D eigenvalue weighted by atomic mass is 10.0. The van der Waals surface area contributed by atoms with Crippen LogP contribution in [0, 0.1) is 20.8 Å². The Morgan fingerprint density at radius 1 is 0.909 bits per heavy atom. The maximum Gasteiger partial charge on any atom is 0.0743 e. The predicted octanol–water partition coefficient (Wildman–Crippen LogP) is 4.91. The molecule has 0 spiro atoms. The van der Waals surface area contributed by atoms with Crippen molar-refractivity contribution in [2.45, 2.75) is 20.8 Å². The first-order chi connectivity index (χ1) is 10.6. The zero-order valence-corrected chi connectivity index (χ0v) is 13.2. The van der Waals surface area contributed by atoms with E-state index in [-0.39, 0.29) is 0 Å². The Balaban J connectivity index is 2.06. The largest absolute Gasteiger partial charge is 0.398 e. The normalized spacial score (nSPS) is 11.4. The number of hydrogen-bond acceptors (Lipinski definition) is 2. The molecule has 2 N–H and O–H groups in total. The molecule has 0 fully saturated rings. The Morgan fingerprint density at radius 2 is 1.68 bits per heavy atom. The van der Waals surface area contributed by atoms with Crippen LogP contribution in [0.5, 0.6) is 0 Å². The molecule has 110 valence electrons. The van der Waals surface area contributed by atoms with Gasteiger partial charge in [-0.2, -0.15) is 0 Å². The minimum absolute atomic E-state index is 0.780. The van der Waals surface area contributed by atoms with Crippen LogP contribution in [0.25, 0.3) is 23.1 Å². The molecule has 3 aromatic rings. The fourth-order valence-corrected chi connectivity index (χ4v) is 2.71. The van der Waals surface area contributed by atoms with E-state index in [2.05, 4.69) is 39.0 Å². The van der Waals surface area contributed by atoms with Gasteiger partial charge in [-0.3, -0.25) is 0 Å². The molecule has 0 saturated heterocycles. The summed E-state index contributed by atoms with van der Waals surface area (Å²) in [7, 11) is 0. The minimum atomic E-state index is 0.780. The molecule has 0 unspecified atom stereocenters. The summed E-state index contributed by atoms with van der Waals surface area (Å²) in [5.41, 5.74) is 13.6. The predicted molar refractivity (Wildman–Crippen MR) is 95.7 cm³/mol. The molecule has 0 bridgehead atoms. The summed E-state index contributed by atoms with van der Waals surface area (Å²) in [6, 6.07) is 14.3. The summed E-state index contributed by atoms with van der Waals surface area (Å²) in [6.45, 7) is 6.40. The van der Waals surface area contributed by atoms with Crippen molar-refractivity contribution in [3.05, 3.63) is 70.4 Å². The van der Waals surface area contributed by atoms with Gasteiger partial charge in [-0.25, -0.2) is 4.98 Å². The van der Waals surface area contributed by atoms with Gasteiger partial charge >= 0.3 is 0 Å². The molecule has 0 radical (unpaired) electrons. The molecule has 0 atom stereocenters. The molecule has 0 saturated carbocycles.